The zero-order valence-corrected chi connectivity index (χ0v) is 10.2. The van der Waals surface area contributed by atoms with Gasteiger partial charge >= 0.3 is 0 Å². The molecule has 17 heavy (non-hydrogen) atoms. The van der Waals surface area contributed by atoms with Crippen molar-refractivity contribution in [1.29, 1.82) is 5.26 Å². The number of nitriles is 1. The minimum atomic E-state index is -0.0480. The summed E-state index contributed by atoms with van der Waals surface area (Å²) in [5.41, 5.74) is 2.14. The van der Waals surface area contributed by atoms with E-state index in [9.17, 15) is 0 Å². The highest BCUT2D eigenvalue weighted by Crippen LogP contribution is 2.21. The number of hydrogen-bond acceptors (Lipinski definition) is 3. The van der Waals surface area contributed by atoms with Crippen molar-refractivity contribution in [3.63, 3.8) is 0 Å². The van der Waals surface area contributed by atoms with Gasteiger partial charge in [0, 0.05) is 11.9 Å². The Balaban J connectivity index is 2.07. The van der Waals surface area contributed by atoms with E-state index in [1.54, 1.807) is 0 Å². The van der Waals surface area contributed by atoms with E-state index in [4.69, 9.17) is 9.68 Å². The van der Waals surface area contributed by atoms with E-state index in [0.29, 0.717) is 0 Å². The number of furan rings is 1. The first-order valence-electron chi connectivity index (χ1n) is 5.77. The van der Waals surface area contributed by atoms with Crippen LogP contribution < -0.4 is 0 Å². The Morgan fingerprint density at radius 3 is 2.94 bits per heavy atom. The lowest BCUT2D eigenvalue weighted by Crippen LogP contribution is -2.29. The molecule has 0 aliphatic heterocycles. The molecule has 1 atom stereocenters. The van der Waals surface area contributed by atoms with Crippen LogP contribution in [0.3, 0.4) is 0 Å². The fourth-order valence-corrected chi connectivity index (χ4v) is 1.82. The van der Waals surface area contributed by atoms with Crippen molar-refractivity contribution < 1.29 is 4.42 Å². The summed E-state index contributed by atoms with van der Waals surface area (Å²) in [5.74, 6) is 0. The molecule has 0 aliphatic carbocycles. The zero-order chi connectivity index (χ0) is 12.3. The fraction of sp³-hybridized carbons (Fsp3) is 0.357. The van der Waals surface area contributed by atoms with Crippen molar-refractivity contribution in [2.24, 2.45) is 0 Å². The van der Waals surface area contributed by atoms with E-state index in [1.807, 2.05) is 43.3 Å². The number of hydrogen-bond donors (Lipinski definition) is 0. The summed E-state index contributed by atoms with van der Waals surface area (Å²) in [4.78, 5) is 2.04. The number of fused-ring (bicyclic) bond motifs is 1. The number of para-hydroxylation sites is 1. The van der Waals surface area contributed by atoms with Gasteiger partial charge in [-0.25, -0.2) is 0 Å². The van der Waals surface area contributed by atoms with Gasteiger partial charge in [-0.15, -0.1) is 0 Å². The number of nitrogens with zero attached hydrogens (tertiary/aromatic N) is 2. The van der Waals surface area contributed by atoms with Gasteiger partial charge in [-0.05, 0) is 32.0 Å². The SMILES string of the molecule is CC(C#N)N(C)CCc1coc2ccccc12. The molecule has 3 nitrogen and oxygen atoms in total. The minimum Gasteiger partial charge on any atom is -0.464 e. The fourth-order valence-electron chi connectivity index (χ4n) is 1.82. The first kappa shape index (κ1) is 11.7. The van der Waals surface area contributed by atoms with E-state index in [-0.39, 0.29) is 6.04 Å². The van der Waals surface area contributed by atoms with Gasteiger partial charge in [-0.1, -0.05) is 18.2 Å². The Labute approximate surface area is 101 Å². The summed E-state index contributed by atoms with van der Waals surface area (Å²) in [6.45, 7) is 2.77. The molecule has 0 N–H and O–H groups in total. The van der Waals surface area contributed by atoms with E-state index in [2.05, 4.69) is 12.1 Å². The van der Waals surface area contributed by atoms with Gasteiger partial charge in [0.25, 0.3) is 0 Å². The predicted octanol–water partition coefficient (Wildman–Crippen LogP) is 2.82. The maximum atomic E-state index is 8.82. The summed E-state index contributed by atoms with van der Waals surface area (Å²) in [6.07, 6.45) is 2.72. The molecular formula is C14H16N2O. The van der Waals surface area contributed by atoms with Crippen molar-refractivity contribution >= 4 is 11.0 Å². The second-order valence-corrected chi connectivity index (χ2v) is 4.29. The average Bonchev–Trinajstić information content (AvgIpc) is 2.78. The van der Waals surface area contributed by atoms with Crippen LogP contribution in [-0.4, -0.2) is 24.5 Å². The van der Waals surface area contributed by atoms with Gasteiger partial charge in [-0.2, -0.15) is 5.26 Å². The molecule has 2 rings (SSSR count). The Hall–Kier alpha value is -1.79. The van der Waals surface area contributed by atoms with Crippen LogP contribution in [0.2, 0.25) is 0 Å². The second-order valence-electron chi connectivity index (χ2n) is 4.29. The van der Waals surface area contributed by atoms with Crippen LogP contribution in [0.25, 0.3) is 11.0 Å². The van der Waals surface area contributed by atoms with E-state index >= 15 is 0 Å². The third-order valence-corrected chi connectivity index (χ3v) is 3.14. The van der Waals surface area contributed by atoms with Crippen molar-refractivity contribution in [2.45, 2.75) is 19.4 Å². The van der Waals surface area contributed by atoms with Crippen LogP contribution in [0.5, 0.6) is 0 Å². The normalized spacial score (nSPS) is 12.8. The maximum Gasteiger partial charge on any atom is 0.134 e. The number of benzene rings is 1. The molecular weight excluding hydrogens is 212 g/mol. The Bertz CT molecular complexity index is 538. The molecule has 88 valence electrons. The molecule has 0 saturated heterocycles. The topological polar surface area (TPSA) is 40.2 Å². The largest absolute Gasteiger partial charge is 0.464 e. The molecule has 1 aromatic carbocycles. The Morgan fingerprint density at radius 1 is 1.41 bits per heavy atom. The van der Waals surface area contributed by atoms with Gasteiger partial charge in [-0.3, -0.25) is 4.90 Å². The van der Waals surface area contributed by atoms with Crippen LogP contribution in [0.1, 0.15) is 12.5 Å². The second kappa shape index (κ2) is 5.03. The molecule has 0 spiro atoms. The van der Waals surface area contributed by atoms with Gasteiger partial charge < -0.3 is 4.42 Å². The molecule has 1 heterocycles. The van der Waals surface area contributed by atoms with Crippen LogP contribution in [0.15, 0.2) is 34.9 Å². The molecule has 3 heteroatoms. The molecule has 0 aliphatic rings. The summed E-state index contributed by atoms with van der Waals surface area (Å²) in [5, 5.41) is 10.00. The monoisotopic (exact) mass is 228 g/mol. The van der Waals surface area contributed by atoms with E-state index < -0.39 is 0 Å². The quantitative estimate of drug-likeness (QED) is 0.807. The predicted molar refractivity (Wildman–Crippen MR) is 67.6 cm³/mol. The van der Waals surface area contributed by atoms with Crippen LogP contribution >= 0.6 is 0 Å². The molecule has 1 unspecified atom stereocenters. The minimum absolute atomic E-state index is 0.0480. The smallest absolute Gasteiger partial charge is 0.134 e. The lowest BCUT2D eigenvalue weighted by atomic mass is 10.1. The van der Waals surface area contributed by atoms with Gasteiger partial charge in [0.05, 0.1) is 18.4 Å². The average molecular weight is 228 g/mol. The summed E-state index contributed by atoms with van der Waals surface area (Å²) in [6, 6.07) is 10.2. The molecule has 1 aromatic heterocycles. The third kappa shape index (κ3) is 2.48. The summed E-state index contributed by atoms with van der Waals surface area (Å²) in [7, 11) is 1.97. The lowest BCUT2D eigenvalue weighted by Gasteiger charge is -2.18. The van der Waals surface area contributed by atoms with Crippen molar-refractivity contribution in [3.8, 4) is 6.07 Å². The standard InChI is InChI=1S/C14H16N2O/c1-11(9-15)16(2)8-7-12-10-17-14-6-4-3-5-13(12)14/h3-6,10-11H,7-8H2,1-2H3. The lowest BCUT2D eigenvalue weighted by molar-refractivity contribution is 0.306. The molecule has 0 saturated carbocycles. The first-order valence-corrected chi connectivity index (χ1v) is 5.77. The molecule has 0 radical (unpaired) electrons. The highest BCUT2D eigenvalue weighted by molar-refractivity contribution is 5.80. The summed E-state index contributed by atoms with van der Waals surface area (Å²) >= 11 is 0. The van der Waals surface area contributed by atoms with E-state index in [1.165, 1.54) is 10.9 Å². The Kier molecular flexibility index (Phi) is 3.46. The Morgan fingerprint density at radius 2 is 2.18 bits per heavy atom. The number of likely N-dealkylation sites (N-methyl/N-ethyl adjacent to an activating group) is 1. The van der Waals surface area contributed by atoms with Crippen molar-refractivity contribution in [3.05, 3.63) is 36.1 Å². The van der Waals surface area contributed by atoms with Crippen LogP contribution in [0, 0.1) is 11.3 Å². The molecule has 0 fully saturated rings. The molecule has 0 bridgehead atoms. The maximum absolute atomic E-state index is 8.82. The first-order chi connectivity index (χ1) is 8.22. The van der Waals surface area contributed by atoms with Crippen molar-refractivity contribution in [1.82, 2.24) is 4.90 Å². The summed E-state index contributed by atoms with van der Waals surface area (Å²) < 4.78 is 5.48. The van der Waals surface area contributed by atoms with Crippen LogP contribution in [-0.2, 0) is 6.42 Å². The van der Waals surface area contributed by atoms with Crippen LogP contribution in [0.4, 0.5) is 0 Å². The van der Waals surface area contributed by atoms with Gasteiger partial charge in [0.15, 0.2) is 0 Å². The van der Waals surface area contributed by atoms with Gasteiger partial charge in [0.1, 0.15) is 5.58 Å². The molecule has 0 amide bonds. The zero-order valence-electron chi connectivity index (χ0n) is 10.2. The molecule has 2 aromatic rings. The third-order valence-electron chi connectivity index (χ3n) is 3.14. The van der Waals surface area contributed by atoms with Gasteiger partial charge in [0.2, 0.25) is 0 Å². The van der Waals surface area contributed by atoms with E-state index in [0.717, 1.165) is 18.5 Å². The van der Waals surface area contributed by atoms with Crippen molar-refractivity contribution in [2.75, 3.05) is 13.6 Å². The highest BCUT2D eigenvalue weighted by Gasteiger charge is 2.10. The highest BCUT2D eigenvalue weighted by atomic mass is 16.3. The number of rotatable bonds is 4.